The molecule has 0 amide bonds. The first kappa shape index (κ1) is 27.0. The van der Waals surface area contributed by atoms with E-state index in [1.54, 1.807) is 0 Å². The molecule has 0 atom stereocenters. The van der Waals surface area contributed by atoms with Gasteiger partial charge in [-0.3, -0.25) is 0 Å². The molecular weight excluding hydrogens is 502 g/mol. The molecule has 0 aliphatic heterocycles. The molecule has 0 aliphatic rings. The van der Waals surface area contributed by atoms with Crippen molar-refractivity contribution in [3.05, 3.63) is 101 Å². The summed E-state index contributed by atoms with van der Waals surface area (Å²) in [6.07, 6.45) is 0. The molecule has 208 valence electrons. The Labute approximate surface area is 243 Å². The van der Waals surface area contributed by atoms with Crippen LogP contribution in [0.5, 0.6) is 0 Å². The molecule has 6 rings (SSSR count). The van der Waals surface area contributed by atoms with E-state index in [-0.39, 0.29) is 5.92 Å². The van der Waals surface area contributed by atoms with E-state index in [0.717, 1.165) is 28.4 Å². The highest BCUT2D eigenvalue weighted by atomic mass is 16.3. The molecular formula is C37H40N3O+. The summed E-state index contributed by atoms with van der Waals surface area (Å²) in [4.78, 5) is 5.07. The zero-order valence-corrected chi connectivity index (χ0v) is 25.5. The van der Waals surface area contributed by atoms with E-state index in [1.165, 1.54) is 44.5 Å². The molecule has 4 aromatic carbocycles. The van der Waals surface area contributed by atoms with E-state index in [1.807, 2.05) is 0 Å². The molecule has 0 radical (unpaired) electrons. The lowest BCUT2D eigenvalue weighted by atomic mass is 9.88. The molecule has 0 N–H and O–H groups in total. The highest BCUT2D eigenvalue weighted by molar-refractivity contribution is 5.93. The van der Waals surface area contributed by atoms with Gasteiger partial charge in [0.25, 0.3) is 5.82 Å². The van der Waals surface area contributed by atoms with E-state index in [4.69, 9.17) is 9.40 Å². The van der Waals surface area contributed by atoms with Crippen molar-refractivity contribution in [2.24, 2.45) is 7.05 Å². The van der Waals surface area contributed by atoms with Crippen molar-refractivity contribution in [2.75, 3.05) is 0 Å². The predicted octanol–water partition coefficient (Wildman–Crippen LogP) is 9.61. The summed E-state index contributed by atoms with van der Waals surface area (Å²) >= 11 is 0. The number of benzene rings is 4. The van der Waals surface area contributed by atoms with Gasteiger partial charge in [0.1, 0.15) is 11.2 Å². The molecule has 0 spiro atoms. The largest absolute Gasteiger partial charge is 0.440 e. The minimum atomic E-state index is 0.209. The summed E-state index contributed by atoms with van der Waals surface area (Å²) in [5, 5.41) is 0. The maximum absolute atomic E-state index is 6.27. The molecule has 41 heavy (non-hydrogen) atoms. The Hall–Kier alpha value is -4.18. The third-order valence-electron chi connectivity index (χ3n) is 8.26. The third kappa shape index (κ3) is 4.46. The number of para-hydroxylation sites is 2. The second-order valence-corrected chi connectivity index (χ2v) is 12.2. The summed E-state index contributed by atoms with van der Waals surface area (Å²) in [5.74, 6) is 2.74. The number of nitrogens with zero attached hydrogens (tertiary/aromatic N) is 3. The predicted molar refractivity (Wildman–Crippen MR) is 170 cm³/mol. The first-order valence-electron chi connectivity index (χ1n) is 14.8. The van der Waals surface area contributed by atoms with Gasteiger partial charge in [0.2, 0.25) is 0 Å². The van der Waals surface area contributed by atoms with Gasteiger partial charge in [-0.25, -0.2) is 9.55 Å². The summed E-state index contributed by atoms with van der Waals surface area (Å²) < 4.78 is 11.1. The van der Waals surface area contributed by atoms with Crippen LogP contribution < -0.4 is 4.57 Å². The van der Waals surface area contributed by atoms with Crippen molar-refractivity contribution in [3.8, 4) is 28.2 Å². The van der Waals surface area contributed by atoms with Crippen LogP contribution in [-0.4, -0.2) is 9.55 Å². The van der Waals surface area contributed by atoms with Gasteiger partial charge >= 0.3 is 0 Å². The molecule has 0 unspecified atom stereocenters. The van der Waals surface area contributed by atoms with Crippen LogP contribution in [0.25, 0.3) is 50.3 Å². The number of hydrogen-bond donors (Lipinski definition) is 0. The summed E-state index contributed by atoms with van der Waals surface area (Å²) in [7, 11) is 2.18. The molecule has 0 bridgehead atoms. The van der Waals surface area contributed by atoms with Crippen LogP contribution in [0, 0.1) is 6.92 Å². The Kier molecular flexibility index (Phi) is 6.81. The van der Waals surface area contributed by atoms with Crippen LogP contribution >= 0.6 is 0 Å². The number of aryl methyl sites for hydroxylation is 2. The zero-order valence-electron chi connectivity index (χ0n) is 25.5. The first-order valence-corrected chi connectivity index (χ1v) is 14.8. The average Bonchev–Trinajstić information content (AvgIpc) is 3.52. The zero-order chi connectivity index (χ0) is 29.0. The Bertz CT molecular complexity index is 1860. The topological polar surface area (TPSA) is 34.8 Å². The van der Waals surface area contributed by atoms with Gasteiger partial charge in [-0.05, 0) is 65.8 Å². The Morgan fingerprint density at radius 2 is 1.37 bits per heavy atom. The Morgan fingerprint density at radius 1 is 0.732 bits per heavy atom. The van der Waals surface area contributed by atoms with Gasteiger partial charge in [0.15, 0.2) is 22.5 Å². The Morgan fingerprint density at radius 3 is 2.00 bits per heavy atom. The highest BCUT2D eigenvalue weighted by Crippen LogP contribution is 2.41. The lowest BCUT2D eigenvalue weighted by molar-refractivity contribution is -0.633. The number of aromatic nitrogens is 3. The van der Waals surface area contributed by atoms with Gasteiger partial charge in [0.05, 0.1) is 12.6 Å². The highest BCUT2D eigenvalue weighted by Gasteiger charge is 2.33. The lowest BCUT2D eigenvalue weighted by Gasteiger charge is -2.21. The number of imidazole rings is 1. The van der Waals surface area contributed by atoms with Crippen LogP contribution in [0.1, 0.15) is 81.9 Å². The van der Waals surface area contributed by atoms with Crippen molar-refractivity contribution in [1.82, 2.24) is 9.55 Å². The maximum atomic E-state index is 6.27. The van der Waals surface area contributed by atoms with Crippen molar-refractivity contribution in [2.45, 2.75) is 66.2 Å². The van der Waals surface area contributed by atoms with Gasteiger partial charge in [-0.2, -0.15) is 4.57 Å². The molecule has 4 heteroatoms. The quantitative estimate of drug-likeness (QED) is 0.196. The van der Waals surface area contributed by atoms with E-state index in [9.17, 15) is 0 Å². The van der Waals surface area contributed by atoms with Crippen LogP contribution in [0.3, 0.4) is 0 Å². The van der Waals surface area contributed by atoms with Crippen LogP contribution in [0.2, 0.25) is 0 Å². The molecule has 6 aromatic rings. The molecule has 2 aromatic heterocycles. The SMILES string of the molecule is Cc1ccc2oc(C(C)C)nc2c1-c1n(-c2c(C(C)C)cc(-c3ccccc3)cc2C(C)C)c2ccccc2[n+]1C. The summed E-state index contributed by atoms with van der Waals surface area (Å²) in [5.41, 5.74) is 12.9. The smallest absolute Gasteiger partial charge is 0.297 e. The van der Waals surface area contributed by atoms with Crippen molar-refractivity contribution in [1.29, 1.82) is 0 Å². The van der Waals surface area contributed by atoms with Gasteiger partial charge in [0, 0.05) is 17.0 Å². The fourth-order valence-electron chi connectivity index (χ4n) is 6.08. The third-order valence-corrected chi connectivity index (χ3v) is 8.26. The second-order valence-electron chi connectivity index (χ2n) is 12.2. The van der Waals surface area contributed by atoms with E-state index >= 15 is 0 Å². The number of fused-ring (bicyclic) bond motifs is 2. The van der Waals surface area contributed by atoms with Crippen LogP contribution in [-0.2, 0) is 7.05 Å². The fraction of sp³-hybridized carbons (Fsp3) is 0.297. The van der Waals surface area contributed by atoms with Crippen LogP contribution in [0.4, 0.5) is 0 Å². The molecule has 2 heterocycles. The van der Waals surface area contributed by atoms with Crippen molar-refractivity contribution >= 4 is 22.1 Å². The lowest BCUT2D eigenvalue weighted by Crippen LogP contribution is -2.30. The average molecular weight is 543 g/mol. The van der Waals surface area contributed by atoms with Gasteiger partial charge in [-0.1, -0.05) is 90.1 Å². The minimum absolute atomic E-state index is 0.209. The molecule has 4 nitrogen and oxygen atoms in total. The number of oxazole rings is 1. The van der Waals surface area contributed by atoms with Crippen LogP contribution in [0.15, 0.2) is 83.3 Å². The minimum Gasteiger partial charge on any atom is -0.440 e. The van der Waals surface area contributed by atoms with Crippen molar-refractivity contribution in [3.63, 3.8) is 0 Å². The molecule has 0 saturated heterocycles. The first-order chi connectivity index (χ1) is 19.7. The molecule has 0 aliphatic carbocycles. The maximum Gasteiger partial charge on any atom is 0.297 e. The van der Waals surface area contributed by atoms with Crippen molar-refractivity contribution < 1.29 is 8.98 Å². The van der Waals surface area contributed by atoms with E-state index < -0.39 is 0 Å². The Balaban J connectivity index is 1.78. The second kappa shape index (κ2) is 10.3. The number of rotatable bonds is 6. The molecule has 0 saturated carbocycles. The fourth-order valence-corrected chi connectivity index (χ4v) is 6.08. The monoisotopic (exact) mass is 542 g/mol. The van der Waals surface area contributed by atoms with Gasteiger partial charge in [-0.15, -0.1) is 0 Å². The summed E-state index contributed by atoms with van der Waals surface area (Å²) in [6, 6.07) is 28.5. The standard InChI is InChI=1S/C37H40N3O/c1-22(2)28-20-27(26-14-10-9-11-15-26)21-29(23(3)4)35(28)40-31-17-13-12-16-30(31)39(8)37(40)33-25(7)18-19-32-34(33)38-36(41-32)24(5)6/h9-24H,1-8H3/q+1. The molecule has 0 fully saturated rings. The number of hydrogen-bond acceptors (Lipinski definition) is 2. The van der Waals surface area contributed by atoms with E-state index in [2.05, 4.69) is 144 Å². The summed E-state index contributed by atoms with van der Waals surface area (Å²) in [6.45, 7) is 15.7. The van der Waals surface area contributed by atoms with Gasteiger partial charge < -0.3 is 4.42 Å². The normalized spacial score (nSPS) is 12.1. The van der Waals surface area contributed by atoms with E-state index in [0.29, 0.717) is 11.8 Å².